The number of allylic oxidation sites excluding steroid dienone is 1. The summed E-state index contributed by atoms with van der Waals surface area (Å²) >= 11 is 0. The smallest absolute Gasteiger partial charge is 0.338 e. The van der Waals surface area contributed by atoms with Crippen LogP contribution in [0.1, 0.15) is 34.6 Å². The minimum absolute atomic E-state index is 0.163. The lowest BCUT2D eigenvalue weighted by Crippen LogP contribution is -2.66. The monoisotopic (exact) mass is 843 g/mol. The molecule has 4 unspecified atom stereocenters. The lowest BCUT2D eigenvalue weighted by Gasteiger charge is -2.31. The second-order valence-corrected chi connectivity index (χ2v) is 13.4. The van der Waals surface area contributed by atoms with Crippen LogP contribution in [0.5, 0.6) is 0 Å². The molecule has 0 saturated carbocycles. The number of nitrogens with one attached hydrogen (secondary N) is 8. The molecule has 59 heavy (non-hydrogen) atoms. The molecule has 15 N–H and O–H groups in total. The van der Waals surface area contributed by atoms with Crippen molar-refractivity contribution in [3.05, 3.63) is 24.3 Å². The summed E-state index contributed by atoms with van der Waals surface area (Å²) in [7, 11) is 0. The highest BCUT2D eigenvalue weighted by Gasteiger charge is 2.41. The maximum atomic E-state index is 13.6. The van der Waals surface area contributed by atoms with E-state index in [1.54, 1.807) is 0 Å². The summed E-state index contributed by atoms with van der Waals surface area (Å²) in [5.74, 6) is -14.2. The summed E-state index contributed by atoms with van der Waals surface area (Å²) in [6.45, 7) is 6.68. The van der Waals surface area contributed by atoms with Crippen LogP contribution in [0.4, 0.5) is 0 Å². The number of carbonyl (C=O) groups is 10. The first-order valence-corrected chi connectivity index (χ1v) is 17.9. The van der Waals surface area contributed by atoms with E-state index in [9.17, 15) is 73.5 Å². The summed E-state index contributed by atoms with van der Waals surface area (Å²) in [6.07, 6.45) is -6.59. The van der Waals surface area contributed by atoms with Crippen molar-refractivity contribution in [2.45, 2.75) is 95.3 Å². The molecule has 0 aromatic carbocycles. The van der Waals surface area contributed by atoms with Gasteiger partial charge < -0.3 is 78.5 Å². The predicted molar refractivity (Wildman–Crippen MR) is 199 cm³/mol. The van der Waals surface area contributed by atoms with Crippen LogP contribution in [0.15, 0.2) is 24.3 Å². The molecule has 1 heterocycles. The van der Waals surface area contributed by atoms with E-state index in [-0.39, 0.29) is 5.57 Å². The minimum Gasteiger partial charge on any atom is -0.460 e. The number of hydrogen-bond donors (Lipinski definition) is 14. The molecule has 25 nitrogen and oxygen atoms in total. The molecule has 1 rings (SSSR count). The number of primary amides is 1. The molecule has 1 aliphatic heterocycles. The molecular formula is C34H53N9O16. The van der Waals surface area contributed by atoms with Crippen LogP contribution in [0.2, 0.25) is 0 Å². The van der Waals surface area contributed by atoms with E-state index >= 15 is 0 Å². The van der Waals surface area contributed by atoms with Crippen molar-refractivity contribution in [3.63, 3.8) is 0 Å². The van der Waals surface area contributed by atoms with E-state index in [0.29, 0.717) is 0 Å². The standard InChI is InChI=1S/C34H53N9O16/c1-7-9-59-34(58)22-33(57)38-16(10-36-26(50)14(5)8-2)27(51)39-17(12-44)28(52)40-19(13(3)4)31(55)42-21(23(47)24(48)25(35)49)32(56)41-20(15(6)45)30(54)37-11-18(46)29(53)43-22/h7-8,13,15-24,44-48H,1,9-12H2,2-6H3,(H2,35,49)(H,36,50)(H,37,54)(H,38,57)(H,39,51)(H,40,52)(H,41,56)(H,42,55)(H,43,53)/b14-8-/t15-,16+,17+,18+,19+,20+,21?,22?,23?,24?/m1/s1. The van der Waals surface area contributed by atoms with Gasteiger partial charge in [-0.05, 0) is 26.7 Å². The van der Waals surface area contributed by atoms with Crippen molar-refractivity contribution < 1.29 is 78.2 Å². The number of ether oxygens (including phenoxy) is 1. The van der Waals surface area contributed by atoms with Gasteiger partial charge in [0.2, 0.25) is 47.4 Å². The first-order chi connectivity index (χ1) is 27.5. The van der Waals surface area contributed by atoms with Crippen LogP contribution < -0.4 is 48.3 Å². The Kier molecular flexibility index (Phi) is 20.8. The molecular weight excluding hydrogens is 790 g/mol. The van der Waals surface area contributed by atoms with E-state index < -0.39 is 152 Å². The van der Waals surface area contributed by atoms with Crippen molar-refractivity contribution in [2.24, 2.45) is 11.7 Å². The Balaban J connectivity index is 3.89. The Morgan fingerprint density at radius 2 is 1.36 bits per heavy atom. The van der Waals surface area contributed by atoms with Gasteiger partial charge in [-0.25, -0.2) is 4.79 Å². The normalized spacial score (nSPS) is 26.3. The molecule has 0 aliphatic carbocycles. The molecule has 9 amide bonds. The Morgan fingerprint density at radius 1 is 0.814 bits per heavy atom. The maximum absolute atomic E-state index is 13.6. The third kappa shape index (κ3) is 15.3. The second-order valence-electron chi connectivity index (χ2n) is 13.4. The van der Waals surface area contributed by atoms with Crippen LogP contribution in [0.25, 0.3) is 0 Å². The SMILES string of the molecule is C=CCOC(=O)C1NC(=O)[C@@H](O)CNC(=O)[C@H]([C@@H](C)O)NC(=O)C(C(O)C(O)C(N)=O)NC(=O)[C@H](C(C)C)NC(=O)[C@H](CO)NC(=O)[C@H](CNC(=O)/C(C)=C\C)NC1=O. The molecule has 1 fully saturated rings. The third-order valence-electron chi connectivity index (χ3n) is 8.45. The number of esters is 1. The highest BCUT2D eigenvalue weighted by atomic mass is 16.5. The highest BCUT2D eigenvalue weighted by molar-refractivity contribution is 6.07. The topological polar surface area (TPSA) is 403 Å². The zero-order chi connectivity index (χ0) is 45.3. The number of aliphatic hydroxyl groups is 5. The van der Waals surface area contributed by atoms with Crippen molar-refractivity contribution in [1.29, 1.82) is 0 Å². The second kappa shape index (κ2) is 24.0. The predicted octanol–water partition coefficient (Wildman–Crippen LogP) is -8.57. The van der Waals surface area contributed by atoms with Crippen LogP contribution in [-0.2, 0) is 52.7 Å². The molecule has 0 spiro atoms. The quantitative estimate of drug-likeness (QED) is 0.0375. The van der Waals surface area contributed by atoms with E-state index in [4.69, 9.17) is 10.5 Å². The summed E-state index contributed by atoms with van der Waals surface area (Å²) in [5.41, 5.74) is 5.23. The van der Waals surface area contributed by atoms with Gasteiger partial charge in [-0.2, -0.15) is 0 Å². The number of rotatable bonds is 12. The van der Waals surface area contributed by atoms with Crippen LogP contribution >= 0.6 is 0 Å². The van der Waals surface area contributed by atoms with E-state index in [2.05, 4.69) is 27.8 Å². The molecule has 25 heteroatoms. The first kappa shape index (κ1) is 51.0. The van der Waals surface area contributed by atoms with Crippen LogP contribution in [0, 0.1) is 5.92 Å². The van der Waals surface area contributed by atoms with Gasteiger partial charge in [-0.3, -0.25) is 43.2 Å². The van der Waals surface area contributed by atoms with Crippen molar-refractivity contribution in [2.75, 3.05) is 26.3 Å². The molecule has 0 bridgehead atoms. The summed E-state index contributed by atoms with van der Waals surface area (Å²) < 4.78 is 4.87. The summed E-state index contributed by atoms with van der Waals surface area (Å²) in [4.78, 5) is 131. The Morgan fingerprint density at radius 3 is 1.88 bits per heavy atom. The zero-order valence-electron chi connectivity index (χ0n) is 32.8. The highest BCUT2D eigenvalue weighted by Crippen LogP contribution is 2.09. The van der Waals surface area contributed by atoms with Crippen molar-refractivity contribution >= 4 is 59.1 Å². The fourth-order valence-corrected chi connectivity index (χ4v) is 4.83. The number of carbonyl (C=O) groups excluding carboxylic acids is 10. The number of β-amino-alcohol motifs (C(OH)–C–C–N with tert-alkyl or cyclic N) is 1. The average Bonchev–Trinajstić information content (AvgIpc) is 3.18. The first-order valence-electron chi connectivity index (χ1n) is 17.9. The lowest BCUT2D eigenvalue weighted by molar-refractivity contribution is -0.152. The number of hydrogen-bond acceptors (Lipinski definition) is 16. The van der Waals surface area contributed by atoms with Crippen LogP contribution in [-0.4, -0.2) is 172 Å². The van der Waals surface area contributed by atoms with Crippen molar-refractivity contribution in [3.8, 4) is 0 Å². The minimum atomic E-state index is -2.52. The van der Waals surface area contributed by atoms with E-state index in [0.717, 1.165) is 13.0 Å². The Labute approximate surface area is 337 Å². The maximum Gasteiger partial charge on any atom is 0.338 e. The van der Waals surface area contributed by atoms with Crippen LogP contribution in [0.3, 0.4) is 0 Å². The average molecular weight is 844 g/mol. The molecule has 0 aromatic rings. The number of nitrogens with two attached hydrogens (primary N) is 1. The molecule has 0 aromatic heterocycles. The van der Waals surface area contributed by atoms with Gasteiger partial charge in [0.1, 0.15) is 49.0 Å². The third-order valence-corrected chi connectivity index (χ3v) is 8.45. The van der Waals surface area contributed by atoms with E-state index in [1.807, 2.05) is 21.3 Å². The molecule has 330 valence electrons. The van der Waals surface area contributed by atoms with Gasteiger partial charge in [-0.15, -0.1) is 0 Å². The van der Waals surface area contributed by atoms with Gasteiger partial charge in [-0.1, -0.05) is 32.6 Å². The molecule has 10 atom stereocenters. The molecule has 1 aliphatic rings. The Hall–Kier alpha value is -6.02. The fraction of sp³-hybridized carbons (Fsp3) is 0.588. The van der Waals surface area contributed by atoms with Gasteiger partial charge in [0.15, 0.2) is 6.10 Å². The lowest BCUT2D eigenvalue weighted by atomic mass is 9.99. The molecule has 0 radical (unpaired) electrons. The molecule has 1 saturated heterocycles. The Bertz CT molecular complexity index is 1640. The van der Waals surface area contributed by atoms with Gasteiger partial charge in [0.25, 0.3) is 11.8 Å². The van der Waals surface area contributed by atoms with Gasteiger partial charge in [0.05, 0.1) is 19.3 Å². The van der Waals surface area contributed by atoms with Gasteiger partial charge >= 0.3 is 5.97 Å². The van der Waals surface area contributed by atoms with Crippen molar-refractivity contribution in [1.82, 2.24) is 42.5 Å². The van der Waals surface area contributed by atoms with Gasteiger partial charge in [0, 0.05) is 12.1 Å². The fourth-order valence-electron chi connectivity index (χ4n) is 4.83. The summed E-state index contributed by atoms with van der Waals surface area (Å²) in [5, 5.41) is 68.7. The van der Waals surface area contributed by atoms with E-state index in [1.165, 1.54) is 33.8 Å². The summed E-state index contributed by atoms with van der Waals surface area (Å²) in [6, 6.07) is -12.2. The zero-order valence-corrected chi connectivity index (χ0v) is 32.8. The number of amides is 9. The largest absolute Gasteiger partial charge is 0.460 e. The number of aliphatic hydroxyl groups excluding tert-OH is 5.